The van der Waals surface area contributed by atoms with Crippen molar-refractivity contribution in [3.8, 4) is 0 Å². The molecule has 0 saturated carbocycles. The van der Waals surface area contributed by atoms with Crippen molar-refractivity contribution in [1.82, 2.24) is 0 Å². The van der Waals surface area contributed by atoms with Crippen LogP contribution in [-0.2, 0) is 14.3 Å². The molecule has 2 N–H and O–H groups in total. The average Bonchev–Trinajstić information content (AvgIpc) is 2.22. The number of carbonyl (C=O) groups is 1. The molecule has 0 aromatic heterocycles. The minimum absolute atomic E-state index is 0.212. The summed E-state index contributed by atoms with van der Waals surface area (Å²) in [5.41, 5.74) is 0. The zero-order valence-electron chi connectivity index (χ0n) is 8.60. The van der Waals surface area contributed by atoms with E-state index >= 15 is 0 Å². The summed E-state index contributed by atoms with van der Waals surface area (Å²) in [6.07, 6.45) is -1.29. The molecule has 0 bridgehead atoms. The van der Waals surface area contributed by atoms with Crippen molar-refractivity contribution in [3.05, 3.63) is 0 Å². The van der Waals surface area contributed by atoms with Crippen molar-refractivity contribution in [1.29, 1.82) is 0 Å². The first kappa shape index (κ1) is 13.4. The maximum atomic E-state index is 10.9. The molecule has 5 nitrogen and oxygen atoms in total. The largest absolute Gasteiger partial charge is 0.433 e. The highest BCUT2D eigenvalue weighted by atomic mass is 16.7. The van der Waals surface area contributed by atoms with Gasteiger partial charge < -0.3 is 19.7 Å². The molecule has 0 fully saturated rings. The lowest BCUT2D eigenvalue weighted by Gasteiger charge is -2.21. The fourth-order valence-electron chi connectivity index (χ4n) is 0.757. The third-order valence-electron chi connectivity index (χ3n) is 1.52. The molecule has 0 amide bonds. The van der Waals surface area contributed by atoms with Gasteiger partial charge in [0, 0.05) is 6.42 Å². The Morgan fingerprint density at radius 1 is 1.43 bits per heavy atom. The van der Waals surface area contributed by atoms with Crippen molar-refractivity contribution in [2.75, 3.05) is 13.2 Å². The first-order chi connectivity index (χ1) is 6.65. The predicted octanol–water partition coefficient (Wildman–Crippen LogP) is 0.0455. The molecule has 0 spiro atoms. The lowest BCUT2D eigenvalue weighted by molar-refractivity contribution is -0.207. The number of aliphatic hydroxyl groups excluding tert-OH is 2. The van der Waals surface area contributed by atoms with Crippen molar-refractivity contribution < 1.29 is 24.5 Å². The van der Waals surface area contributed by atoms with Gasteiger partial charge in [0.25, 0.3) is 0 Å². The van der Waals surface area contributed by atoms with Crippen LogP contribution in [0.2, 0.25) is 0 Å². The number of esters is 1. The maximum absolute atomic E-state index is 10.9. The second kappa shape index (κ2) is 7.73. The van der Waals surface area contributed by atoms with Gasteiger partial charge in [0.1, 0.15) is 6.10 Å². The molecule has 2 atom stereocenters. The van der Waals surface area contributed by atoms with Crippen LogP contribution in [0.15, 0.2) is 0 Å². The zero-order chi connectivity index (χ0) is 11.0. The molecule has 5 heteroatoms. The van der Waals surface area contributed by atoms with E-state index in [1.165, 1.54) is 0 Å². The minimum Gasteiger partial charge on any atom is -0.433 e. The van der Waals surface area contributed by atoms with Crippen LogP contribution >= 0.6 is 0 Å². The topological polar surface area (TPSA) is 76.0 Å². The fraction of sp³-hybridized carbons (Fsp3) is 0.889. The number of hydrogen-bond donors (Lipinski definition) is 2. The number of carbonyl (C=O) groups excluding carboxylic acids is 1. The molecule has 0 aliphatic heterocycles. The van der Waals surface area contributed by atoms with Gasteiger partial charge in [-0.05, 0) is 6.42 Å². The standard InChI is InChI=1S/C9H18O5/c1-3-5-13-9(7(11)6-10)14-8(12)4-2/h7,9-11H,3-6H2,1-2H3. The maximum Gasteiger partial charge on any atom is 0.307 e. The molecule has 0 saturated heterocycles. The molecule has 84 valence electrons. The Bertz CT molecular complexity index is 159. The van der Waals surface area contributed by atoms with Crippen molar-refractivity contribution in [3.63, 3.8) is 0 Å². The van der Waals surface area contributed by atoms with E-state index in [-0.39, 0.29) is 6.42 Å². The van der Waals surface area contributed by atoms with E-state index in [0.29, 0.717) is 6.61 Å². The first-order valence-corrected chi connectivity index (χ1v) is 4.75. The molecular formula is C9H18O5. The van der Waals surface area contributed by atoms with Gasteiger partial charge in [-0.3, -0.25) is 4.79 Å². The molecule has 0 aliphatic rings. The third kappa shape index (κ3) is 5.16. The lowest BCUT2D eigenvalue weighted by atomic mass is 10.3. The van der Waals surface area contributed by atoms with Gasteiger partial charge in [0.2, 0.25) is 6.29 Å². The Kier molecular flexibility index (Phi) is 7.37. The van der Waals surface area contributed by atoms with Gasteiger partial charge in [-0.1, -0.05) is 13.8 Å². The summed E-state index contributed by atoms with van der Waals surface area (Å²) in [6, 6.07) is 0. The van der Waals surface area contributed by atoms with Gasteiger partial charge in [-0.25, -0.2) is 0 Å². The highest BCUT2D eigenvalue weighted by Gasteiger charge is 2.22. The molecule has 0 aromatic carbocycles. The number of aliphatic hydroxyl groups is 2. The van der Waals surface area contributed by atoms with Crippen LogP contribution < -0.4 is 0 Å². The van der Waals surface area contributed by atoms with E-state index in [9.17, 15) is 9.90 Å². The number of ether oxygens (including phenoxy) is 2. The molecule has 0 aromatic rings. The SMILES string of the molecule is CCCOC(OC(=O)CC)C(O)CO. The van der Waals surface area contributed by atoms with Crippen molar-refractivity contribution in [2.45, 2.75) is 39.1 Å². The Labute approximate surface area is 83.6 Å². The predicted molar refractivity (Wildman–Crippen MR) is 49.5 cm³/mol. The van der Waals surface area contributed by atoms with Gasteiger partial charge in [0.15, 0.2) is 0 Å². The number of rotatable bonds is 7. The van der Waals surface area contributed by atoms with Gasteiger partial charge in [-0.15, -0.1) is 0 Å². The van der Waals surface area contributed by atoms with Gasteiger partial charge in [-0.2, -0.15) is 0 Å². The molecule has 0 aliphatic carbocycles. The van der Waals surface area contributed by atoms with Crippen LogP contribution in [0.5, 0.6) is 0 Å². The van der Waals surface area contributed by atoms with Crippen LogP contribution in [0.4, 0.5) is 0 Å². The van der Waals surface area contributed by atoms with Crippen LogP contribution in [0.3, 0.4) is 0 Å². The summed E-state index contributed by atoms with van der Waals surface area (Å²) >= 11 is 0. The van der Waals surface area contributed by atoms with E-state index < -0.39 is 25.0 Å². The summed E-state index contributed by atoms with van der Waals surface area (Å²) in [5, 5.41) is 17.9. The Hall–Kier alpha value is -0.650. The minimum atomic E-state index is -1.18. The average molecular weight is 206 g/mol. The normalized spacial score (nSPS) is 14.9. The van der Waals surface area contributed by atoms with E-state index in [1.807, 2.05) is 6.92 Å². The van der Waals surface area contributed by atoms with E-state index in [1.54, 1.807) is 6.92 Å². The van der Waals surface area contributed by atoms with Crippen molar-refractivity contribution in [2.24, 2.45) is 0 Å². The fourth-order valence-corrected chi connectivity index (χ4v) is 0.757. The smallest absolute Gasteiger partial charge is 0.307 e. The monoisotopic (exact) mass is 206 g/mol. The van der Waals surface area contributed by atoms with Crippen LogP contribution in [-0.4, -0.2) is 41.8 Å². The molecule has 2 unspecified atom stereocenters. The second-order valence-corrected chi connectivity index (χ2v) is 2.83. The third-order valence-corrected chi connectivity index (χ3v) is 1.52. The summed E-state index contributed by atoms with van der Waals surface area (Å²) in [6.45, 7) is 3.42. The zero-order valence-corrected chi connectivity index (χ0v) is 8.60. The molecule has 0 radical (unpaired) electrons. The Balaban J connectivity index is 4.02. The highest BCUT2D eigenvalue weighted by molar-refractivity contribution is 5.69. The van der Waals surface area contributed by atoms with Crippen LogP contribution in [0, 0.1) is 0 Å². The quantitative estimate of drug-likeness (QED) is 0.454. The Morgan fingerprint density at radius 3 is 2.50 bits per heavy atom. The van der Waals surface area contributed by atoms with Crippen LogP contribution in [0.1, 0.15) is 26.7 Å². The number of hydrogen-bond acceptors (Lipinski definition) is 5. The van der Waals surface area contributed by atoms with Gasteiger partial charge in [0.05, 0.1) is 13.2 Å². The molecule has 14 heavy (non-hydrogen) atoms. The summed E-state index contributed by atoms with van der Waals surface area (Å²) in [4.78, 5) is 10.9. The molecule has 0 rings (SSSR count). The second-order valence-electron chi connectivity index (χ2n) is 2.83. The Morgan fingerprint density at radius 2 is 2.07 bits per heavy atom. The van der Waals surface area contributed by atoms with E-state index in [0.717, 1.165) is 6.42 Å². The van der Waals surface area contributed by atoms with E-state index in [4.69, 9.17) is 14.6 Å². The highest BCUT2D eigenvalue weighted by Crippen LogP contribution is 2.04. The summed E-state index contributed by atoms with van der Waals surface area (Å²) < 4.78 is 9.85. The van der Waals surface area contributed by atoms with Gasteiger partial charge >= 0.3 is 5.97 Å². The summed E-state index contributed by atoms with van der Waals surface area (Å²) in [5.74, 6) is -0.460. The molecule has 0 heterocycles. The molecular weight excluding hydrogens is 188 g/mol. The van der Waals surface area contributed by atoms with Crippen LogP contribution in [0.25, 0.3) is 0 Å². The first-order valence-electron chi connectivity index (χ1n) is 4.75. The lowest BCUT2D eigenvalue weighted by Crippen LogP contribution is -2.36. The summed E-state index contributed by atoms with van der Waals surface area (Å²) in [7, 11) is 0. The van der Waals surface area contributed by atoms with E-state index in [2.05, 4.69) is 0 Å². The van der Waals surface area contributed by atoms with Crippen molar-refractivity contribution >= 4 is 5.97 Å².